The van der Waals surface area contributed by atoms with E-state index in [1.54, 1.807) is 30.1 Å². The number of anilines is 1. The second kappa shape index (κ2) is 6.00. The standard InChI is InChI=1S/C12H16N6O2/c1-3-18-7-5-10(16-18)15-11(19)8-13-12(20)9-4-6-14-17(9)2/h4-7H,3,8H2,1-2H3,(H,13,20)(H,15,16,19). The zero-order chi connectivity index (χ0) is 14.5. The highest BCUT2D eigenvalue weighted by molar-refractivity contribution is 5.98. The molecule has 0 saturated carbocycles. The van der Waals surface area contributed by atoms with Gasteiger partial charge >= 0.3 is 0 Å². The van der Waals surface area contributed by atoms with Crippen LogP contribution in [0.5, 0.6) is 0 Å². The predicted molar refractivity (Wildman–Crippen MR) is 72.1 cm³/mol. The summed E-state index contributed by atoms with van der Waals surface area (Å²) in [4.78, 5) is 23.4. The molecule has 0 unspecified atom stereocenters. The Morgan fingerprint density at radius 2 is 2.15 bits per heavy atom. The molecule has 0 radical (unpaired) electrons. The number of aryl methyl sites for hydroxylation is 2. The Morgan fingerprint density at radius 1 is 1.35 bits per heavy atom. The van der Waals surface area contributed by atoms with Crippen molar-refractivity contribution in [2.24, 2.45) is 7.05 Å². The van der Waals surface area contributed by atoms with Crippen molar-refractivity contribution >= 4 is 17.6 Å². The predicted octanol–water partition coefficient (Wildman–Crippen LogP) is 0.00500. The Morgan fingerprint density at radius 3 is 2.75 bits per heavy atom. The lowest BCUT2D eigenvalue weighted by atomic mass is 10.4. The number of carbonyl (C=O) groups is 2. The summed E-state index contributed by atoms with van der Waals surface area (Å²) in [5.74, 6) is -0.215. The molecule has 2 N–H and O–H groups in total. The van der Waals surface area contributed by atoms with Gasteiger partial charge in [0, 0.05) is 32.1 Å². The normalized spacial score (nSPS) is 10.3. The van der Waals surface area contributed by atoms with Crippen molar-refractivity contribution < 1.29 is 9.59 Å². The van der Waals surface area contributed by atoms with Crippen LogP contribution in [0.2, 0.25) is 0 Å². The van der Waals surface area contributed by atoms with Crippen LogP contribution in [0, 0.1) is 0 Å². The minimum Gasteiger partial charge on any atom is -0.342 e. The second-order valence-corrected chi connectivity index (χ2v) is 4.13. The van der Waals surface area contributed by atoms with Gasteiger partial charge < -0.3 is 10.6 Å². The molecule has 0 fully saturated rings. The monoisotopic (exact) mass is 276 g/mol. The van der Waals surface area contributed by atoms with Gasteiger partial charge in [0.25, 0.3) is 5.91 Å². The van der Waals surface area contributed by atoms with E-state index in [1.165, 1.54) is 10.9 Å². The van der Waals surface area contributed by atoms with E-state index >= 15 is 0 Å². The maximum absolute atomic E-state index is 11.8. The Kier molecular flexibility index (Phi) is 4.14. The third kappa shape index (κ3) is 3.22. The van der Waals surface area contributed by atoms with Gasteiger partial charge in [-0.3, -0.25) is 19.0 Å². The third-order valence-electron chi connectivity index (χ3n) is 2.70. The van der Waals surface area contributed by atoms with Crippen molar-refractivity contribution in [2.45, 2.75) is 13.5 Å². The van der Waals surface area contributed by atoms with Gasteiger partial charge in [-0.15, -0.1) is 0 Å². The van der Waals surface area contributed by atoms with Gasteiger partial charge in [-0.25, -0.2) is 0 Å². The zero-order valence-electron chi connectivity index (χ0n) is 11.3. The van der Waals surface area contributed by atoms with Crippen LogP contribution in [-0.2, 0) is 18.4 Å². The fourth-order valence-corrected chi connectivity index (χ4v) is 1.64. The average Bonchev–Trinajstić information content (AvgIpc) is 3.05. The van der Waals surface area contributed by atoms with E-state index in [9.17, 15) is 9.59 Å². The Bertz CT molecular complexity index is 615. The summed E-state index contributed by atoms with van der Waals surface area (Å²) >= 11 is 0. The van der Waals surface area contributed by atoms with Crippen LogP contribution in [0.25, 0.3) is 0 Å². The average molecular weight is 276 g/mol. The van der Waals surface area contributed by atoms with Crippen molar-refractivity contribution in [1.29, 1.82) is 0 Å². The number of aromatic nitrogens is 4. The molecular formula is C12H16N6O2. The number of rotatable bonds is 5. The summed E-state index contributed by atoms with van der Waals surface area (Å²) in [6.07, 6.45) is 3.29. The van der Waals surface area contributed by atoms with E-state index in [0.717, 1.165) is 6.54 Å². The molecule has 2 rings (SSSR count). The molecule has 0 saturated heterocycles. The topological polar surface area (TPSA) is 93.8 Å². The molecule has 0 bridgehead atoms. The van der Waals surface area contributed by atoms with Crippen molar-refractivity contribution in [1.82, 2.24) is 24.9 Å². The maximum atomic E-state index is 11.8. The minimum absolute atomic E-state index is 0.122. The first-order valence-corrected chi connectivity index (χ1v) is 6.19. The molecule has 0 aliphatic carbocycles. The fraction of sp³-hybridized carbons (Fsp3) is 0.333. The van der Waals surface area contributed by atoms with E-state index in [0.29, 0.717) is 11.5 Å². The van der Waals surface area contributed by atoms with E-state index < -0.39 is 0 Å². The Hall–Kier alpha value is -2.64. The Balaban J connectivity index is 1.83. The summed E-state index contributed by atoms with van der Waals surface area (Å²) in [5.41, 5.74) is 0.396. The lowest BCUT2D eigenvalue weighted by molar-refractivity contribution is -0.115. The largest absolute Gasteiger partial charge is 0.342 e. The van der Waals surface area contributed by atoms with Crippen LogP contribution in [-0.4, -0.2) is 37.9 Å². The number of hydrogen-bond donors (Lipinski definition) is 2. The molecular weight excluding hydrogens is 260 g/mol. The smallest absolute Gasteiger partial charge is 0.269 e. The van der Waals surface area contributed by atoms with E-state index in [4.69, 9.17) is 0 Å². The van der Waals surface area contributed by atoms with E-state index in [2.05, 4.69) is 20.8 Å². The first-order chi connectivity index (χ1) is 9.60. The number of carbonyl (C=O) groups excluding carboxylic acids is 2. The quantitative estimate of drug-likeness (QED) is 0.804. The minimum atomic E-state index is -0.348. The van der Waals surface area contributed by atoms with Crippen LogP contribution in [0.4, 0.5) is 5.82 Å². The second-order valence-electron chi connectivity index (χ2n) is 4.13. The van der Waals surface area contributed by atoms with Gasteiger partial charge in [-0.2, -0.15) is 10.2 Å². The lowest BCUT2D eigenvalue weighted by Crippen LogP contribution is -2.33. The maximum Gasteiger partial charge on any atom is 0.269 e. The van der Waals surface area contributed by atoms with Crippen molar-refractivity contribution in [2.75, 3.05) is 11.9 Å². The molecule has 2 amide bonds. The van der Waals surface area contributed by atoms with Crippen molar-refractivity contribution in [3.63, 3.8) is 0 Å². The summed E-state index contributed by atoms with van der Waals surface area (Å²) < 4.78 is 3.14. The van der Waals surface area contributed by atoms with E-state index in [-0.39, 0.29) is 18.4 Å². The van der Waals surface area contributed by atoms with Crippen LogP contribution in [0.1, 0.15) is 17.4 Å². The summed E-state index contributed by atoms with van der Waals surface area (Å²) in [6.45, 7) is 2.56. The molecule has 8 heteroatoms. The van der Waals surface area contributed by atoms with Gasteiger partial charge in [0.2, 0.25) is 5.91 Å². The number of hydrogen-bond acceptors (Lipinski definition) is 4. The van der Waals surface area contributed by atoms with Crippen LogP contribution in [0.15, 0.2) is 24.5 Å². The molecule has 0 aliphatic heterocycles. The molecule has 20 heavy (non-hydrogen) atoms. The summed E-state index contributed by atoms with van der Waals surface area (Å²) in [7, 11) is 1.66. The van der Waals surface area contributed by atoms with Gasteiger partial charge in [-0.05, 0) is 13.0 Å². The SMILES string of the molecule is CCn1ccc(NC(=O)CNC(=O)c2ccnn2C)n1. The number of nitrogens with one attached hydrogen (secondary N) is 2. The van der Waals surface area contributed by atoms with Crippen molar-refractivity contribution in [3.8, 4) is 0 Å². The molecule has 8 nitrogen and oxygen atoms in total. The fourth-order valence-electron chi connectivity index (χ4n) is 1.64. The highest BCUT2D eigenvalue weighted by Crippen LogP contribution is 2.01. The highest BCUT2D eigenvalue weighted by Gasteiger charge is 2.11. The molecule has 106 valence electrons. The summed E-state index contributed by atoms with van der Waals surface area (Å²) in [5, 5.41) is 13.1. The highest BCUT2D eigenvalue weighted by atomic mass is 16.2. The van der Waals surface area contributed by atoms with E-state index in [1.807, 2.05) is 6.92 Å². The Labute approximate surface area is 115 Å². The molecule has 0 atom stereocenters. The van der Waals surface area contributed by atoms with Crippen LogP contribution in [0.3, 0.4) is 0 Å². The van der Waals surface area contributed by atoms with Crippen LogP contribution >= 0.6 is 0 Å². The van der Waals surface area contributed by atoms with Crippen LogP contribution < -0.4 is 10.6 Å². The molecule has 0 aliphatic rings. The first-order valence-electron chi connectivity index (χ1n) is 6.19. The zero-order valence-corrected chi connectivity index (χ0v) is 11.3. The molecule has 2 aromatic heterocycles. The van der Waals surface area contributed by atoms with Gasteiger partial charge in [0.1, 0.15) is 5.69 Å². The van der Waals surface area contributed by atoms with Gasteiger partial charge in [0.05, 0.1) is 6.54 Å². The van der Waals surface area contributed by atoms with Gasteiger partial charge in [-0.1, -0.05) is 0 Å². The number of amides is 2. The molecule has 0 spiro atoms. The molecule has 2 heterocycles. The summed E-state index contributed by atoms with van der Waals surface area (Å²) in [6, 6.07) is 3.28. The lowest BCUT2D eigenvalue weighted by Gasteiger charge is -2.05. The molecule has 0 aromatic carbocycles. The third-order valence-corrected chi connectivity index (χ3v) is 2.70. The number of nitrogens with zero attached hydrogens (tertiary/aromatic N) is 4. The molecule has 2 aromatic rings. The first kappa shape index (κ1) is 13.8. The van der Waals surface area contributed by atoms with Gasteiger partial charge in [0.15, 0.2) is 5.82 Å². The van der Waals surface area contributed by atoms with Crippen molar-refractivity contribution in [3.05, 3.63) is 30.2 Å².